The highest BCUT2D eigenvalue weighted by atomic mass is 35.5. The minimum absolute atomic E-state index is 0.230. The molecule has 0 N–H and O–H groups in total. The van der Waals surface area contributed by atoms with Gasteiger partial charge in [-0.25, -0.2) is 0 Å². The van der Waals surface area contributed by atoms with Gasteiger partial charge in [-0.3, -0.25) is 0 Å². The molecule has 0 bridgehead atoms. The van der Waals surface area contributed by atoms with Gasteiger partial charge in [-0.1, -0.05) is 0 Å². The van der Waals surface area contributed by atoms with Crippen molar-refractivity contribution in [1.82, 2.24) is 0 Å². The summed E-state index contributed by atoms with van der Waals surface area (Å²) in [6, 6.07) is 0. The molecule has 0 nitrogen and oxygen atoms in total. The van der Waals surface area contributed by atoms with E-state index in [0.29, 0.717) is 0 Å². The Labute approximate surface area is 60.9 Å². The van der Waals surface area contributed by atoms with E-state index in [9.17, 15) is 13.2 Å². The van der Waals surface area contributed by atoms with Crippen LogP contribution in [-0.4, -0.2) is 11.0 Å². The largest absolute Gasteiger partial charge is 0.389 e. The number of alkyl halides is 5. The fourth-order valence-corrected chi connectivity index (χ4v) is 0.491. The Kier molecular flexibility index (Phi) is 3.66. The first-order chi connectivity index (χ1) is 3.92. The van der Waals surface area contributed by atoms with Gasteiger partial charge in [-0.15, -0.1) is 23.2 Å². The second kappa shape index (κ2) is 3.52. The molecule has 0 spiro atoms. The van der Waals surface area contributed by atoms with Gasteiger partial charge in [0.05, 0.1) is 0 Å². The molecule has 0 aliphatic heterocycles. The van der Waals surface area contributed by atoms with Gasteiger partial charge in [0, 0.05) is 6.42 Å². The number of hydrogen-bond donors (Lipinski definition) is 0. The van der Waals surface area contributed by atoms with E-state index in [-0.39, 0.29) is 6.42 Å². The molecule has 0 aromatic heterocycles. The summed E-state index contributed by atoms with van der Waals surface area (Å²) in [5.41, 5.74) is 0. The normalized spacial score (nSPS) is 12.7. The van der Waals surface area contributed by atoms with Gasteiger partial charge in [0.15, 0.2) is 0 Å². The lowest BCUT2D eigenvalue weighted by molar-refractivity contribution is -0.134. The minimum Gasteiger partial charge on any atom is -0.171 e. The maximum atomic E-state index is 11.3. The average molecular weight is 181 g/mol. The molecule has 0 atom stereocenters. The first-order valence-electron chi connectivity index (χ1n) is 2.27. The van der Waals surface area contributed by atoms with Crippen molar-refractivity contribution in [3.8, 4) is 0 Å². The third-order valence-electron chi connectivity index (χ3n) is 0.646. The molecule has 0 aliphatic rings. The maximum absolute atomic E-state index is 11.3. The topological polar surface area (TPSA) is 0 Å². The van der Waals surface area contributed by atoms with Crippen LogP contribution in [0.5, 0.6) is 0 Å². The highest BCUT2D eigenvalue weighted by molar-refractivity contribution is 6.44. The summed E-state index contributed by atoms with van der Waals surface area (Å²) in [7, 11) is 0. The number of rotatable bonds is 2. The van der Waals surface area contributed by atoms with Crippen molar-refractivity contribution < 1.29 is 13.2 Å². The zero-order chi connectivity index (χ0) is 7.49. The molecule has 0 saturated heterocycles. The summed E-state index contributed by atoms with van der Waals surface area (Å²) in [6.45, 7) is 0. The predicted octanol–water partition coefficient (Wildman–Crippen LogP) is 3.13. The van der Waals surface area contributed by atoms with Crippen molar-refractivity contribution in [2.45, 2.75) is 23.9 Å². The average Bonchev–Trinajstić information content (AvgIpc) is 1.59. The quantitative estimate of drug-likeness (QED) is 0.574. The van der Waals surface area contributed by atoms with Crippen LogP contribution >= 0.6 is 23.2 Å². The zero-order valence-electron chi connectivity index (χ0n) is 4.38. The lowest BCUT2D eigenvalue weighted by Crippen LogP contribution is -2.08. The van der Waals surface area contributed by atoms with Crippen LogP contribution < -0.4 is 0 Å². The van der Waals surface area contributed by atoms with Gasteiger partial charge >= 0.3 is 6.18 Å². The highest BCUT2D eigenvalue weighted by Gasteiger charge is 2.27. The van der Waals surface area contributed by atoms with E-state index < -0.39 is 17.4 Å². The van der Waals surface area contributed by atoms with Crippen LogP contribution in [0.1, 0.15) is 12.8 Å². The molecule has 0 aromatic carbocycles. The van der Waals surface area contributed by atoms with Crippen LogP contribution in [0.4, 0.5) is 13.2 Å². The third kappa shape index (κ3) is 8.37. The number of hydrogen-bond acceptors (Lipinski definition) is 0. The second-order valence-corrected chi connectivity index (χ2v) is 2.82. The van der Waals surface area contributed by atoms with Crippen LogP contribution in [0.2, 0.25) is 0 Å². The van der Waals surface area contributed by atoms with Crippen LogP contribution in [0, 0.1) is 0 Å². The molecule has 0 saturated carbocycles. The monoisotopic (exact) mass is 180 g/mol. The van der Waals surface area contributed by atoms with E-state index >= 15 is 0 Å². The summed E-state index contributed by atoms with van der Waals surface area (Å²) >= 11 is 10.1. The minimum atomic E-state index is -4.14. The molecule has 56 valence electrons. The van der Waals surface area contributed by atoms with Gasteiger partial charge in [-0.2, -0.15) is 13.2 Å². The molecule has 0 rings (SSSR count). The molecular formula is C4H5Cl2F3. The molecule has 5 heteroatoms. The van der Waals surface area contributed by atoms with Gasteiger partial charge < -0.3 is 0 Å². The van der Waals surface area contributed by atoms with E-state index in [2.05, 4.69) is 0 Å². The molecule has 0 aromatic rings. The zero-order valence-corrected chi connectivity index (χ0v) is 5.89. The standard InChI is InChI=1S/C4H5Cl2F3/c5-3(6)1-2-4(7,8)9/h3H,1-2H2. The highest BCUT2D eigenvalue weighted by Crippen LogP contribution is 2.24. The van der Waals surface area contributed by atoms with Crippen LogP contribution in [0.15, 0.2) is 0 Å². The van der Waals surface area contributed by atoms with E-state index in [1.54, 1.807) is 0 Å². The number of halogens is 5. The molecular weight excluding hydrogens is 176 g/mol. The second-order valence-electron chi connectivity index (χ2n) is 1.54. The third-order valence-corrected chi connectivity index (χ3v) is 1.08. The molecule has 9 heavy (non-hydrogen) atoms. The Morgan fingerprint density at radius 3 is 1.78 bits per heavy atom. The molecule has 0 radical (unpaired) electrons. The predicted molar refractivity (Wildman–Crippen MR) is 30.8 cm³/mol. The molecule has 0 fully saturated rings. The van der Waals surface area contributed by atoms with Crippen molar-refractivity contribution >= 4 is 23.2 Å². The Morgan fingerprint density at radius 1 is 1.22 bits per heavy atom. The summed E-state index contributed by atoms with van der Waals surface area (Å²) in [5.74, 6) is 0. The van der Waals surface area contributed by atoms with Crippen molar-refractivity contribution in [2.75, 3.05) is 0 Å². The summed E-state index contributed by atoms with van der Waals surface area (Å²) in [4.78, 5) is -0.911. The van der Waals surface area contributed by atoms with Crippen molar-refractivity contribution in [3.63, 3.8) is 0 Å². The first kappa shape index (κ1) is 9.37. The Balaban J connectivity index is 3.28. The Bertz CT molecular complexity index is 78.4. The fraction of sp³-hybridized carbons (Fsp3) is 1.00. The lowest BCUT2D eigenvalue weighted by Gasteiger charge is -2.04. The summed E-state index contributed by atoms with van der Waals surface area (Å²) in [6.07, 6.45) is -5.28. The molecule has 0 aliphatic carbocycles. The van der Waals surface area contributed by atoms with Gasteiger partial charge in [-0.05, 0) is 6.42 Å². The van der Waals surface area contributed by atoms with Crippen molar-refractivity contribution in [2.24, 2.45) is 0 Å². The Hall–Kier alpha value is 0.370. The maximum Gasteiger partial charge on any atom is 0.389 e. The fourth-order valence-electron chi connectivity index (χ4n) is 0.273. The van der Waals surface area contributed by atoms with Crippen molar-refractivity contribution in [1.29, 1.82) is 0 Å². The Morgan fingerprint density at radius 2 is 1.67 bits per heavy atom. The van der Waals surface area contributed by atoms with Crippen molar-refractivity contribution in [3.05, 3.63) is 0 Å². The smallest absolute Gasteiger partial charge is 0.171 e. The van der Waals surface area contributed by atoms with E-state index in [4.69, 9.17) is 23.2 Å². The van der Waals surface area contributed by atoms with E-state index in [1.807, 2.05) is 0 Å². The SMILES string of the molecule is FC(F)(F)CCC(Cl)Cl. The first-order valence-corrected chi connectivity index (χ1v) is 3.14. The molecule has 0 unspecified atom stereocenters. The van der Waals surface area contributed by atoms with Gasteiger partial charge in [0.1, 0.15) is 4.84 Å². The van der Waals surface area contributed by atoms with E-state index in [0.717, 1.165) is 0 Å². The van der Waals surface area contributed by atoms with Gasteiger partial charge in [0.2, 0.25) is 0 Å². The summed E-state index contributed by atoms with van der Waals surface area (Å²) in [5, 5.41) is 0. The molecule has 0 amide bonds. The van der Waals surface area contributed by atoms with Crippen LogP contribution in [-0.2, 0) is 0 Å². The van der Waals surface area contributed by atoms with E-state index in [1.165, 1.54) is 0 Å². The van der Waals surface area contributed by atoms with Crippen LogP contribution in [0.3, 0.4) is 0 Å². The summed E-state index contributed by atoms with van der Waals surface area (Å²) < 4.78 is 33.9. The lowest BCUT2D eigenvalue weighted by atomic mass is 10.3. The molecule has 0 heterocycles. The van der Waals surface area contributed by atoms with Gasteiger partial charge in [0.25, 0.3) is 0 Å². The van der Waals surface area contributed by atoms with Crippen LogP contribution in [0.25, 0.3) is 0 Å².